The molecular formula is C15H18N2. The van der Waals surface area contributed by atoms with Crippen molar-refractivity contribution in [2.45, 2.75) is 25.8 Å². The Morgan fingerprint density at radius 2 is 1.82 bits per heavy atom. The molecule has 1 heterocycles. The second-order valence-electron chi connectivity index (χ2n) is 4.27. The molecule has 0 saturated heterocycles. The van der Waals surface area contributed by atoms with Crippen LogP contribution in [-0.4, -0.2) is 4.98 Å². The number of benzene rings is 1. The third-order valence-corrected chi connectivity index (χ3v) is 3.00. The summed E-state index contributed by atoms with van der Waals surface area (Å²) in [6.45, 7) is 2.16. The van der Waals surface area contributed by atoms with Crippen molar-refractivity contribution in [2.24, 2.45) is 5.73 Å². The van der Waals surface area contributed by atoms with Gasteiger partial charge in [0.05, 0.1) is 0 Å². The fourth-order valence-corrected chi connectivity index (χ4v) is 1.88. The quantitative estimate of drug-likeness (QED) is 0.870. The zero-order valence-corrected chi connectivity index (χ0v) is 10.1. The Morgan fingerprint density at radius 1 is 1.12 bits per heavy atom. The zero-order chi connectivity index (χ0) is 12.1. The molecule has 0 spiro atoms. The van der Waals surface area contributed by atoms with Crippen molar-refractivity contribution < 1.29 is 0 Å². The van der Waals surface area contributed by atoms with E-state index in [1.54, 1.807) is 6.20 Å². The lowest BCUT2D eigenvalue weighted by Crippen LogP contribution is -2.13. The van der Waals surface area contributed by atoms with Crippen LogP contribution in [-0.2, 0) is 12.8 Å². The van der Waals surface area contributed by atoms with Gasteiger partial charge in [-0.2, -0.15) is 0 Å². The summed E-state index contributed by atoms with van der Waals surface area (Å²) in [5.74, 6) is 0. The number of hydrogen-bond donors (Lipinski definition) is 1. The Kier molecular flexibility index (Phi) is 3.89. The summed E-state index contributed by atoms with van der Waals surface area (Å²) in [6.07, 6.45) is 5.54. The largest absolute Gasteiger partial charge is 0.324 e. The van der Waals surface area contributed by atoms with E-state index < -0.39 is 0 Å². The SMILES string of the molecule is CCc1ccc(CC(N)c2cccnc2)cc1. The maximum absolute atomic E-state index is 6.16. The van der Waals surface area contributed by atoms with Gasteiger partial charge in [-0.1, -0.05) is 37.3 Å². The molecule has 0 radical (unpaired) electrons. The van der Waals surface area contributed by atoms with E-state index >= 15 is 0 Å². The van der Waals surface area contributed by atoms with Crippen LogP contribution in [0.5, 0.6) is 0 Å². The molecule has 88 valence electrons. The van der Waals surface area contributed by atoms with E-state index in [2.05, 4.69) is 36.2 Å². The topological polar surface area (TPSA) is 38.9 Å². The highest BCUT2D eigenvalue weighted by Crippen LogP contribution is 2.15. The molecule has 0 aliphatic carbocycles. The number of aryl methyl sites for hydroxylation is 1. The molecule has 1 aromatic heterocycles. The molecule has 2 N–H and O–H groups in total. The number of hydrogen-bond acceptors (Lipinski definition) is 2. The van der Waals surface area contributed by atoms with Gasteiger partial charge in [0.2, 0.25) is 0 Å². The molecule has 2 rings (SSSR count). The molecule has 0 bridgehead atoms. The first kappa shape index (κ1) is 11.8. The molecule has 2 aromatic rings. The summed E-state index contributed by atoms with van der Waals surface area (Å²) >= 11 is 0. The van der Waals surface area contributed by atoms with Gasteiger partial charge in [0, 0.05) is 18.4 Å². The second-order valence-corrected chi connectivity index (χ2v) is 4.27. The average Bonchev–Trinajstić information content (AvgIpc) is 2.40. The van der Waals surface area contributed by atoms with Crippen LogP contribution in [0.3, 0.4) is 0 Å². The van der Waals surface area contributed by atoms with Crippen molar-refractivity contribution in [1.29, 1.82) is 0 Å². The van der Waals surface area contributed by atoms with Crippen molar-refractivity contribution in [1.82, 2.24) is 4.98 Å². The summed E-state index contributed by atoms with van der Waals surface area (Å²) in [7, 11) is 0. The summed E-state index contributed by atoms with van der Waals surface area (Å²) < 4.78 is 0. The second kappa shape index (κ2) is 5.60. The van der Waals surface area contributed by atoms with E-state index in [0.29, 0.717) is 0 Å². The van der Waals surface area contributed by atoms with E-state index in [-0.39, 0.29) is 6.04 Å². The highest BCUT2D eigenvalue weighted by molar-refractivity contribution is 5.25. The highest BCUT2D eigenvalue weighted by atomic mass is 14.7. The summed E-state index contributed by atoms with van der Waals surface area (Å²) in [5.41, 5.74) is 9.89. The standard InChI is InChI=1S/C15H18N2/c1-2-12-5-7-13(8-6-12)10-15(16)14-4-3-9-17-11-14/h3-9,11,15H,2,10,16H2,1H3. The van der Waals surface area contributed by atoms with Gasteiger partial charge in [-0.15, -0.1) is 0 Å². The van der Waals surface area contributed by atoms with E-state index in [4.69, 9.17) is 5.73 Å². The van der Waals surface area contributed by atoms with Crippen LogP contribution < -0.4 is 5.73 Å². The summed E-state index contributed by atoms with van der Waals surface area (Å²) in [6, 6.07) is 12.6. The molecule has 1 atom stereocenters. The molecule has 2 heteroatoms. The van der Waals surface area contributed by atoms with Crippen LogP contribution in [0.4, 0.5) is 0 Å². The number of rotatable bonds is 4. The monoisotopic (exact) mass is 226 g/mol. The Labute approximate surface area is 103 Å². The van der Waals surface area contributed by atoms with Gasteiger partial charge in [-0.3, -0.25) is 4.98 Å². The predicted molar refractivity (Wildman–Crippen MR) is 70.7 cm³/mol. The van der Waals surface area contributed by atoms with Crippen LogP contribution in [0.1, 0.15) is 29.7 Å². The lowest BCUT2D eigenvalue weighted by molar-refractivity contribution is 0.718. The highest BCUT2D eigenvalue weighted by Gasteiger charge is 2.06. The summed E-state index contributed by atoms with van der Waals surface area (Å²) in [5, 5.41) is 0. The van der Waals surface area contributed by atoms with Crippen molar-refractivity contribution >= 4 is 0 Å². The first-order valence-corrected chi connectivity index (χ1v) is 6.03. The molecule has 0 aliphatic rings. The fourth-order valence-electron chi connectivity index (χ4n) is 1.88. The van der Waals surface area contributed by atoms with Gasteiger partial charge < -0.3 is 5.73 Å². The number of nitrogens with zero attached hydrogens (tertiary/aromatic N) is 1. The van der Waals surface area contributed by atoms with Gasteiger partial charge in [-0.05, 0) is 35.6 Å². The Morgan fingerprint density at radius 3 is 2.41 bits per heavy atom. The van der Waals surface area contributed by atoms with Crippen molar-refractivity contribution in [3.63, 3.8) is 0 Å². The zero-order valence-electron chi connectivity index (χ0n) is 10.1. The third kappa shape index (κ3) is 3.14. The lowest BCUT2D eigenvalue weighted by Gasteiger charge is -2.11. The van der Waals surface area contributed by atoms with E-state index in [1.807, 2.05) is 18.3 Å². The number of nitrogens with two attached hydrogens (primary N) is 1. The Balaban J connectivity index is 2.05. The maximum Gasteiger partial charge on any atom is 0.0351 e. The van der Waals surface area contributed by atoms with Crippen molar-refractivity contribution in [3.05, 3.63) is 65.5 Å². The first-order chi connectivity index (χ1) is 8.29. The van der Waals surface area contributed by atoms with E-state index in [1.165, 1.54) is 11.1 Å². The normalized spacial score (nSPS) is 12.4. The maximum atomic E-state index is 6.16. The molecule has 1 aromatic carbocycles. The molecule has 0 aliphatic heterocycles. The van der Waals surface area contributed by atoms with Gasteiger partial charge in [0.1, 0.15) is 0 Å². The smallest absolute Gasteiger partial charge is 0.0351 e. The molecule has 0 amide bonds. The Bertz CT molecular complexity index is 448. The number of pyridine rings is 1. The fraction of sp³-hybridized carbons (Fsp3) is 0.267. The van der Waals surface area contributed by atoms with E-state index in [9.17, 15) is 0 Å². The molecule has 2 nitrogen and oxygen atoms in total. The number of aromatic nitrogens is 1. The van der Waals surface area contributed by atoms with Gasteiger partial charge in [0.25, 0.3) is 0 Å². The molecule has 0 fully saturated rings. The molecular weight excluding hydrogens is 208 g/mol. The van der Waals surface area contributed by atoms with Crippen LogP contribution in [0.2, 0.25) is 0 Å². The van der Waals surface area contributed by atoms with Crippen molar-refractivity contribution in [2.75, 3.05) is 0 Å². The Hall–Kier alpha value is -1.67. The summed E-state index contributed by atoms with van der Waals surface area (Å²) in [4.78, 5) is 4.09. The van der Waals surface area contributed by atoms with Crippen molar-refractivity contribution in [3.8, 4) is 0 Å². The molecule has 0 saturated carbocycles. The van der Waals surface area contributed by atoms with Gasteiger partial charge >= 0.3 is 0 Å². The molecule has 1 unspecified atom stereocenters. The van der Waals surface area contributed by atoms with Crippen LogP contribution in [0.25, 0.3) is 0 Å². The van der Waals surface area contributed by atoms with Crippen LogP contribution in [0, 0.1) is 0 Å². The average molecular weight is 226 g/mol. The van der Waals surface area contributed by atoms with E-state index in [0.717, 1.165) is 18.4 Å². The third-order valence-electron chi connectivity index (χ3n) is 3.00. The molecule has 17 heavy (non-hydrogen) atoms. The van der Waals surface area contributed by atoms with Gasteiger partial charge in [-0.25, -0.2) is 0 Å². The first-order valence-electron chi connectivity index (χ1n) is 6.03. The minimum atomic E-state index is 0.0242. The van der Waals surface area contributed by atoms with Crippen LogP contribution >= 0.6 is 0 Å². The van der Waals surface area contributed by atoms with Gasteiger partial charge in [0.15, 0.2) is 0 Å². The lowest BCUT2D eigenvalue weighted by atomic mass is 10.00. The predicted octanol–water partition coefficient (Wildman–Crippen LogP) is 2.89. The minimum Gasteiger partial charge on any atom is -0.324 e. The van der Waals surface area contributed by atoms with Crippen LogP contribution in [0.15, 0.2) is 48.8 Å². The minimum absolute atomic E-state index is 0.0242.